The number of hydrogen-bond acceptors (Lipinski definition) is 4. The lowest BCUT2D eigenvalue weighted by atomic mass is 10.2. The first-order valence-electron chi connectivity index (χ1n) is 9.96. The van der Waals surface area contributed by atoms with E-state index in [0.29, 0.717) is 55.2 Å². The SMILES string of the molecule is CCNC(=NCc1cc(Cl)c2c(c1)OCCCO2)NCCC(=O)N(CC)CC. The zero-order valence-electron chi connectivity index (χ0n) is 17.0. The number of amides is 1. The minimum atomic E-state index is 0.142. The van der Waals surface area contributed by atoms with Crippen LogP contribution in [0.5, 0.6) is 11.5 Å². The molecular formula is C20H31ClN4O3. The third kappa shape index (κ3) is 6.48. The number of halogens is 1. The number of nitrogens with zero attached hydrogens (tertiary/aromatic N) is 2. The molecule has 0 fully saturated rings. The summed E-state index contributed by atoms with van der Waals surface area (Å²) in [5.41, 5.74) is 0.936. The van der Waals surface area contributed by atoms with E-state index < -0.39 is 0 Å². The van der Waals surface area contributed by atoms with Gasteiger partial charge in [-0.1, -0.05) is 11.6 Å². The molecule has 0 spiro atoms. The van der Waals surface area contributed by atoms with Crippen molar-refractivity contribution in [2.45, 2.75) is 40.2 Å². The first kappa shape index (κ1) is 22.1. The Morgan fingerprint density at radius 1 is 1.18 bits per heavy atom. The first-order chi connectivity index (χ1) is 13.6. The summed E-state index contributed by atoms with van der Waals surface area (Å²) in [7, 11) is 0. The summed E-state index contributed by atoms with van der Waals surface area (Å²) in [5, 5.41) is 6.94. The number of carbonyl (C=O) groups is 1. The maximum atomic E-state index is 12.1. The Morgan fingerprint density at radius 2 is 1.93 bits per heavy atom. The van der Waals surface area contributed by atoms with Crippen molar-refractivity contribution in [3.63, 3.8) is 0 Å². The molecule has 0 saturated carbocycles. The van der Waals surface area contributed by atoms with E-state index in [1.807, 2.05) is 37.8 Å². The summed E-state index contributed by atoms with van der Waals surface area (Å²) in [4.78, 5) is 18.5. The average Bonchev–Trinajstić information content (AvgIpc) is 2.93. The number of aliphatic imine (C=N–C) groups is 1. The van der Waals surface area contributed by atoms with E-state index in [0.717, 1.165) is 31.6 Å². The lowest BCUT2D eigenvalue weighted by Crippen LogP contribution is -2.40. The van der Waals surface area contributed by atoms with Gasteiger partial charge in [0.25, 0.3) is 0 Å². The van der Waals surface area contributed by atoms with Crippen molar-refractivity contribution in [1.82, 2.24) is 15.5 Å². The van der Waals surface area contributed by atoms with Crippen LogP contribution >= 0.6 is 11.6 Å². The van der Waals surface area contributed by atoms with Gasteiger partial charge in [0.1, 0.15) is 0 Å². The van der Waals surface area contributed by atoms with Crippen LogP contribution in [0.4, 0.5) is 0 Å². The maximum absolute atomic E-state index is 12.1. The summed E-state index contributed by atoms with van der Waals surface area (Å²) < 4.78 is 11.4. The summed E-state index contributed by atoms with van der Waals surface area (Å²) in [5.74, 6) is 2.07. The third-order valence-corrected chi connectivity index (χ3v) is 4.65. The molecule has 1 aliphatic heterocycles. The van der Waals surface area contributed by atoms with E-state index in [2.05, 4.69) is 15.6 Å². The van der Waals surface area contributed by atoms with Gasteiger partial charge in [0, 0.05) is 39.0 Å². The number of carbonyl (C=O) groups excluding carboxylic acids is 1. The van der Waals surface area contributed by atoms with Crippen molar-refractivity contribution in [1.29, 1.82) is 0 Å². The molecule has 0 atom stereocenters. The molecule has 28 heavy (non-hydrogen) atoms. The smallest absolute Gasteiger partial charge is 0.224 e. The summed E-state index contributed by atoms with van der Waals surface area (Å²) in [6, 6.07) is 3.77. The number of rotatable bonds is 8. The van der Waals surface area contributed by atoms with Crippen LogP contribution in [-0.2, 0) is 11.3 Å². The average molecular weight is 411 g/mol. The Hall–Kier alpha value is -2.15. The summed E-state index contributed by atoms with van der Waals surface area (Å²) >= 11 is 6.35. The fourth-order valence-corrected chi connectivity index (χ4v) is 3.20. The van der Waals surface area contributed by atoms with Gasteiger partial charge in [-0.2, -0.15) is 0 Å². The van der Waals surface area contributed by atoms with Gasteiger partial charge in [-0.25, -0.2) is 4.99 Å². The number of benzene rings is 1. The van der Waals surface area contributed by atoms with Crippen LogP contribution in [0, 0.1) is 0 Å². The van der Waals surface area contributed by atoms with Gasteiger partial charge < -0.3 is 25.0 Å². The lowest BCUT2D eigenvalue weighted by Gasteiger charge is -2.19. The van der Waals surface area contributed by atoms with Crippen molar-refractivity contribution in [3.8, 4) is 11.5 Å². The van der Waals surface area contributed by atoms with Crippen LogP contribution in [0.25, 0.3) is 0 Å². The van der Waals surface area contributed by atoms with Crippen molar-refractivity contribution in [3.05, 3.63) is 22.7 Å². The molecule has 0 radical (unpaired) electrons. The molecule has 1 heterocycles. The van der Waals surface area contributed by atoms with Gasteiger partial charge in [-0.3, -0.25) is 4.79 Å². The van der Waals surface area contributed by atoms with Gasteiger partial charge in [0.05, 0.1) is 24.8 Å². The van der Waals surface area contributed by atoms with E-state index in [-0.39, 0.29) is 5.91 Å². The summed E-state index contributed by atoms with van der Waals surface area (Å²) in [6.45, 7) is 10.4. The van der Waals surface area contributed by atoms with E-state index in [1.54, 1.807) is 0 Å². The van der Waals surface area contributed by atoms with Gasteiger partial charge in [-0.15, -0.1) is 0 Å². The molecule has 2 rings (SSSR count). The first-order valence-corrected chi connectivity index (χ1v) is 10.3. The van der Waals surface area contributed by atoms with Crippen LogP contribution in [-0.4, -0.2) is 56.2 Å². The molecule has 1 amide bonds. The second-order valence-electron chi connectivity index (χ2n) is 6.39. The largest absolute Gasteiger partial charge is 0.489 e. The van der Waals surface area contributed by atoms with E-state index >= 15 is 0 Å². The Labute approximate surface area is 172 Å². The highest BCUT2D eigenvalue weighted by Crippen LogP contribution is 2.38. The molecule has 156 valence electrons. The van der Waals surface area contributed by atoms with Crippen LogP contribution in [0.2, 0.25) is 5.02 Å². The molecule has 7 nitrogen and oxygen atoms in total. The molecule has 0 bridgehead atoms. The van der Waals surface area contributed by atoms with Crippen molar-refractivity contribution < 1.29 is 14.3 Å². The fourth-order valence-electron chi connectivity index (χ4n) is 2.91. The predicted molar refractivity (Wildman–Crippen MR) is 112 cm³/mol. The van der Waals surface area contributed by atoms with Gasteiger partial charge >= 0.3 is 0 Å². The minimum Gasteiger partial charge on any atom is -0.489 e. The Balaban J connectivity index is 1.97. The number of nitrogens with one attached hydrogen (secondary N) is 2. The molecule has 1 aliphatic rings. The van der Waals surface area contributed by atoms with Crippen LogP contribution < -0.4 is 20.1 Å². The standard InChI is InChI=1S/C20H31ClN4O3/c1-4-22-20(23-9-8-18(26)25(5-2)6-3)24-14-15-12-16(21)19-17(13-15)27-10-7-11-28-19/h12-13H,4-11,14H2,1-3H3,(H2,22,23,24). The van der Waals surface area contributed by atoms with Crippen LogP contribution in [0.1, 0.15) is 39.2 Å². The Kier molecular flexibility index (Phi) is 9.20. The van der Waals surface area contributed by atoms with Crippen molar-refractivity contribution >= 4 is 23.5 Å². The highest BCUT2D eigenvalue weighted by molar-refractivity contribution is 6.32. The highest BCUT2D eigenvalue weighted by Gasteiger charge is 2.15. The van der Waals surface area contributed by atoms with Crippen molar-refractivity contribution in [2.75, 3.05) is 39.4 Å². The van der Waals surface area contributed by atoms with Gasteiger partial charge in [0.15, 0.2) is 17.5 Å². The lowest BCUT2D eigenvalue weighted by molar-refractivity contribution is -0.130. The summed E-state index contributed by atoms with van der Waals surface area (Å²) in [6.07, 6.45) is 1.27. The number of fused-ring (bicyclic) bond motifs is 1. The number of hydrogen-bond donors (Lipinski definition) is 2. The molecule has 0 saturated heterocycles. The zero-order valence-corrected chi connectivity index (χ0v) is 17.8. The fraction of sp³-hybridized carbons (Fsp3) is 0.600. The molecule has 0 aliphatic carbocycles. The molecule has 1 aromatic carbocycles. The second kappa shape index (κ2) is 11.6. The monoisotopic (exact) mass is 410 g/mol. The van der Waals surface area contributed by atoms with Crippen LogP contribution in [0.15, 0.2) is 17.1 Å². The Morgan fingerprint density at radius 3 is 2.64 bits per heavy atom. The zero-order chi connectivity index (χ0) is 20.4. The second-order valence-corrected chi connectivity index (χ2v) is 6.80. The normalized spacial score (nSPS) is 13.6. The Bertz CT molecular complexity index is 678. The van der Waals surface area contributed by atoms with E-state index in [9.17, 15) is 4.79 Å². The molecular weight excluding hydrogens is 380 g/mol. The number of ether oxygens (including phenoxy) is 2. The third-order valence-electron chi connectivity index (χ3n) is 4.37. The van der Waals surface area contributed by atoms with Crippen molar-refractivity contribution in [2.24, 2.45) is 4.99 Å². The quantitative estimate of drug-likeness (QED) is 0.509. The molecule has 1 aromatic rings. The van der Waals surface area contributed by atoms with E-state index in [4.69, 9.17) is 21.1 Å². The molecule has 0 aromatic heterocycles. The number of guanidine groups is 1. The molecule has 2 N–H and O–H groups in total. The maximum Gasteiger partial charge on any atom is 0.224 e. The minimum absolute atomic E-state index is 0.142. The predicted octanol–water partition coefficient (Wildman–Crippen LogP) is 2.81. The molecule has 0 unspecified atom stereocenters. The van der Waals surface area contributed by atoms with Crippen LogP contribution in [0.3, 0.4) is 0 Å². The topological polar surface area (TPSA) is 75.2 Å². The highest BCUT2D eigenvalue weighted by atomic mass is 35.5. The van der Waals surface area contributed by atoms with E-state index in [1.165, 1.54) is 0 Å². The van der Waals surface area contributed by atoms with Gasteiger partial charge in [0.2, 0.25) is 5.91 Å². The molecule has 8 heteroatoms. The van der Waals surface area contributed by atoms with Gasteiger partial charge in [-0.05, 0) is 38.5 Å².